The van der Waals surface area contributed by atoms with E-state index in [9.17, 15) is 4.79 Å². The Bertz CT molecular complexity index is 967. The summed E-state index contributed by atoms with van der Waals surface area (Å²) in [7, 11) is 0. The molecule has 2 aromatic carbocycles. The van der Waals surface area contributed by atoms with Crippen LogP contribution in [0.4, 0.5) is 5.69 Å². The molecule has 0 saturated heterocycles. The van der Waals surface area contributed by atoms with E-state index in [-0.39, 0.29) is 17.8 Å². The Kier molecular flexibility index (Phi) is 3.94. The van der Waals surface area contributed by atoms with Gasteiger partial charge in [0.2, 0.25) is 5.96 Å². The van der Waals surface area contributed by atoms with Crippen molar-refractivity contribution < 1.29 is 4.79 Å². The van der Waals surface area contributed by atoms with Crippen molar-refractivity contribution in [3.63, 3.8) is 0 Å². The van der Waals surface area contributed by atoms with Crippen LogP contribution in [0.3, 0.4) is 0 Å². The number of nitrogens with zero attached hydrogens (tertiary/aromatic N) is 4. The molecular weight excluding hydrogens is 306 g/mol. The molecule has 3 rings (SSSR count). The highest BCUT2D eigenvalue weighted by Gasteiger charge is 2.15. The lowest BCUT2D eigenvalue weighted by molar-refractivity contribution is 0.0965. The molecule has 8 nitrogen and oxygen atoms in total. The lowest BCUT2D eigenvalue weighted by atomic mass is 10.1. The van der Waals surface area contributed by atoms with Crippen LogP contribution in [0.1, 0.15) is 10.4 Å². The van der Waals surface area contributed by atoms with Crippen molar-refractivity contribution in [2.24, 2.45) is 27.2 Å². The number of carbonyl (C=O) groups is 1. The van der Waals surface area contributed by atoms with E-state index in [0.717, 1.165) is 5.52 Å². The van der Waals surface area contributed by atoms with Crippen molar-refractivity contribution in [1.82, 2.24) is 9.55 Å². The monoisotopic (exact) mass is 321 g/mol. The van der Waals surface area contributed by atoms with E-state index in [2.05, 4.69) is 15.0 Å². The fourth-order valence-electron chi connectivity index (χ4n) is 2.28. The Morgan fingerprint density at radius 2 is 1.71 bits per heavy atom. The molecule has 120 valence electrons. The summed E-state index contributed by atoms with van der Waals surface area (Å²) in [6.07, 6.45) is 1.48. The average Bonchev–Trinajstić information content (AvgIpc) is 2.98. The number of benzene rings is 2. The number of para-hydroxylation sites is 3. The van der Waals surface area contributed by atoms with Gasteiger partial charge in [-0.15, -0.1) is 0 Å². The van der Waals surface area contributed by atoms with E-state index in [1.165, 1.54) is 10.9 Å². The molecule has 0 aliphatic carbocycles. The van der Waals surface area contributed by atoms with Gasteiger partial charge in [-0.1, -0.05) is 24.3 Å². The Hall–Kier alpha value is -3.68. The van der Waals surface area contributed by atoms with Gasteiger partial charge in [0.1, 0.15) is 6.33 Å². The quantitative estimate of drug-likeness (QED) is 0.476. The maximum Gasteiger partial charge on any atom is 0.265 e. The number of hydrogen-bond acceptors (Lipinski definition) is 3. The summed E-state index contributed by atoms with van der Waals surface area (Å²) in [6.45, 7) is 0. The van der Waals surface area contributed by atoms with Gasteiger partial charge in [-0.05, 0) is 24.3 Å². The summed E-state index contributed by atoms with van der Waals surface area (Å²) in [6, 6.07) is 14.1. The van der Waals surface area contributed by atoms with Gasteiger partial charge < -0.3 is 17.2 Å². The van der Waals surface area contributed by atoms with E-state index >= 15 is 0 Å². The third-order valence-electron chi connectivity index (χ3n) is 3.29. The third kappa shape index (κ3) is 2.93. The zero-order chi connectivity index (χ0) is 17.1. The Morgan fingerprint density at radius 3 is 2.50 bits per heavy atom. The summed E-state index contributed by atoms with van der Waals surface area (Å²) in [5.74, 6) is -0.619. The number of fused-ring (bicyclic) bond motifs is 1. The van der Waals surface area contributed by atoms with Crippen LogP contribution in [0.25, 0.3) is 11.0 Å². The molecule has 24 heavy (non-hydrogen) atoms. The molecule has 0 spiro atoms. The number of aliphatic imine (C=N–C) groups is 2. The molecule has 8 heteroatoms. The Labute approximate surface area is 137 Å². The van der Waals surface area contributed by atoms with E-state index in [0.29, 0.717) is 16.8 Å². The molecule has 0 amide bonds. The topological polar surface area (TPSA) is 138 Å². The van der Waals surface area contributed by atoms with Crippen molar-refractivity contribution in [1.29, 1.82) is 0 Å². The molecule has 0 saturated carbocycles. The van der Waals surface area contributed by atoms with Gasteiger partial charge in [0.05, 0.1) is 22.3 Å². The van der Waals surface area contributed by atoms with E-state index in [1.54, 1.807) is 24.3 Å². The summed E-state index contributed by atoms with van der Waals surface area (Å²) in [5.41, 5.74) is 18.4. The molecule has 1 heterocycles. The molecule has 6 N–H and O–H groups in total. The van der Waals surface area contributed by atoms with Gasteiger partial charge in [0.25, 0.3) is 5.91 Å². The van der Waals surface area contributed by atoms with E-state index in [4.69, 9.17) is 17.2 Å². The Balaban J connectivity index is 2.07. The number of nitrogens with two attached hydrogens (primary N) is 3. The fourth-order valence-corrected chi connectivity index (χ4v) is 2.28. The molecule has 1 aromatic heterocycles. The Morgan fingerprint density at radius 1 is 1.00 bits per heavy atom. The van der Waals surface area contributed by atoms with Crippen molar-refractivity contribution in [3.05, 3.63) is 60.4 Å². The van der Waals surface area contributed by atoms with Crippen LogP contribution in [0, 0.1) is 0 Å². The van der Waals surface area contributed by atoms with Gasteiger partial charge in [-0.25, -0.2) is 9.98 Å². The van der Waals surface area contributed by atoms with Crippen LogP contribution in [0.5, 0.6) is 0 Å². The van der Waals surface area contributed by atoms with Crippen molar-refractivity contribution in [3.8, 4) is 0 Å². The number of guanidine groups is 2. The standard InChI is InChI=1S/C16H15N7O/c17-15(18)22-16(19)21-11-6-2-1-5-10(11)14(24)23-9-20-12-7-3-4-8-13(12)23/h1-9H,(H6,17,18,19,21,22). The maximum absolute atomic E-state index is 12.9. The molecule has 0 bridgehead atoms. The number of aromatic nitrogens is 2. The summed E-state index contributed by atoms with van der Waals surface area (Å²) < 4.78 is 1.46. The normalized spacial score (nSPS) is 11.4. The summed E-state index contributed by atoms with van der Waals surface area (Å²) in [4.78, 5) is 24.9. The van der Waals surface area contributed by atoms with Crippen LogP contribution < -0.4 is 17.2 Å². The van der Waals surface area contributed by atoms with Gasteiger partial charge in [0.15, 0.2) is 5.96 Å². The summed E-state index contributed by atoms with van der Waals surface area (Å²) >= 11 is 0. The molecule has 3 aromatic rings. The first-order valence-electron chi connectivity index (χ1n) is 7.06. The van der Waals surface area contributed by atoms with Crippen LogP contribution in [0.15, 0.2) is 64.8 Å². The van der Waals surface area contributed by atoms with Crippen LogP contribution in [-0.4, -0.2) is 27.4 Å². The highest BCUT2D eigenvalue weighted by Crippen LogP contribution is 2.22. The molecular formula is C16H15N7O. The zero-order valence-electron chi connectivity index (χ0n) is 12.6. The first-order valence-corrected chi connectivity index (χ1v) is 7.06. The average molecular weight is 321 g/mol. The minimum absolute atomic E-state index is 0.134. The zero-order valence-corrected chi connectivity index (χ0v) is 12.6. The number of rotatable bonds is 2. The predicted molar refractivity (Wildman–Crippen MR) is 93.0 cm³/mol. The first kappa shape index (κ1) is 15.2. The minimum atomic E-state index is -0.277. The SMILES string of the molecule is NC(N)=NC(N)=Nc1ccccc1C(=O)n1cnc2ccccc21. The molecule has 0 radical (unpaired) electrons. The van der Waals surface area contributed by atoms with Crippen molar-refractivity contribution in [2.45, 2.75) is 0 Å². The van der Waals surface area contributed by atoms with Gasteiger partial charge in [0, 0.05) is 0 Å². The van der Waals surface area contributed by atoms with E-state index < -0.39 is 0 Å². The smallest absolute Gasteiger partial charge is 0.265 e. The van der Waals surface area contributed by atoms with E-state index in [1.807, 2.05) is 24.3 Å². The minimum Gasteiger partial charge on any atom is -0.370 e. The number of hydrogen-bond donors (Lipinski definition) is 3. The first-order chi connectivity index (χ1) is 11.6. The molecule has 0 aliphatic heterocycles. The van der Waals surface area contributed by atoms with Crippen LogP contribution >= 0.6 is 0 Å². The predicted octanol–water partition coefficient (Wildman–Crippen LogP) is 0.944. The highest BCUT2D eigenvalue weighted by atomic mass is 16.2. The number of carbonyl (C=O) groups excluding carboxylic acids is 1. The summed E-state index contributed by atoms with van der Waals surface area (Å²) in [5, 5.41) is 0. The largest absolute Gasteiger partial charge is 0.370 e. The second-order valence-electron chi connectivity index (χ2n) is 4.93. The molecule has 0 aliphatic rings. The highest BCUT2D eigenvalue weighted by molar-refractivity contribution is 6.05. The lowest BCUT2D eigenvalue weighted by Gasteiger charge is -2.06. The molecule has 0 fully saturated rings. The fraction of sp³-hybridized carbons (Fsp3) is 0. The maximum atomic E-state index is 12.9. The van der Waals surface area contributed by atoms with Crippen LogP contribution in [0.2, 0.25) is 0 Å². The van der Waals surface area contributed by atoms with Gasteiger partial charge in [-0.2, -0.15) is 4.99 Å². The van der Waals surface area contributed by atoms with Gasteiger partial charge in [-0.3, -0.25) is 9.36 Å². The van der Waals surface area contributed by atoms with Crippen molar-refractivity contribution in [2.75, 3.05) is 0 Å². The molecule has 0 unspecified atom stereocenters. The van der Waals surface area contributed by atoms with Crippen molar-refractivity contribution >= 4 is 34.5 Å². The number of imidazole rings is 1. The second-order valence-corrected chi connectivity index (χ2v) is 4.93. The second kappa shape index (κ2) is 6.21. The third-order valence-corrected chi connectivity index (χ3v) is 3.29. The van der Waals surface area contributed by atoms with Crippen LogP contribution in [-0.2, 0) is 0 Å². The van der Waals surface area contributed by atoms with Gasteiger partial charge >= 0.3 is 0 Å². The lowest BCUT2D eigenvalue weighted by Crippen LogP contribution is -2.26. The molecule has 0 atom stereocenters.